The van der Waals surface area contributed by atoms with Gasteiger partial charge in [0.2, 0.25) is 6.79 Å². The molecule has 0 aliphatic carbocycles. The highest BCUT2D eigenvalue weighted by Crippen LogP contribution is 2.36. The Morgan fingerprint density at radius 2 is 2.04 bits per heavy atom. The van der Waals surface area contributed by atoms with E-state index < -0.39 is 0 Å². The van der Waals surface area contributed by atoms with Gasteiger partial charge in [-0.05, 0) is 57.6 Å². The summed E-state index contributed by atoms with van der Waals surface area (Å²) in [5, 5.41) is 6.75. The molecular weight excluding hydrogens is 346 g/mol. The van der Waals surface area contributed by atoms with Gasteiger partial charge in [0.25, 0.3) is 0 Å². The number of hydrogen-bond acceptors (Lipinski definition) is 6. The summed E-state index contributed by atoms with van der Waals surface area (Å²) in [6.07, 6.45) is 2.42. The van der Waals surface area contributed by atoms with Crippen LogP contribution in [0.4, 0.5) is 0 Å². The topological polar surface area (TPSA) is 46.6 Å². The van der Waals surface area contributed by atoms with Gasteiger partial charge in [-0.3, -0.25) is 0 Å². The highest BCUT2D eigenvalue weighted by atomic mass is 32.1. The number of ether oxygens (including phenoxy) is 2. The van der Waals surface area contributed by atoms with Crippen molar-refractivity contribution in [2.24, 2.45) is 0 Å². The molecule has 0 bridgehead atoms. The summed E-state index contributed by atoms with van der Waals surface area (Å²) in [5.41, 5.74) is 2.18. The van der Waals surface area contributed by atoms with E-state index in [1.54, 1.807) is 11.3 Å². The molecule has 1 aromatic carbocycles. The number of hydrogen-bond donors (Lipinski definition) is 1. The van der Waals surface area contributed by atoms with Gasteiger partial charge in [-0.1, -0.05) is 13.8 Å². The standard InChI is InChI=1S/C20H29N3O2S/c1-4-23(5-2)10-6-7-15(3)21-12-17-13-26-20(22-17)16-8-9-18-19(11-16)25-14-24-18/h8-9,11,13,15,21H,4-7,10,12,14H2,1-3H3. The Morgan fingerprint density at radius 1 is 1.23 bits per heavy atom. The summed E-state index contributed by atoms with van der Waals surface area (Å²) in [6, 6.07) is 6.50. The molecule has 5 nitrogen and oxygen atoms in total. The quantitative estimate of drug-likeness (QED) is 0.676. The van der Waals surface area contributed by atoms with E-state index in [9.17, 15) is 0 Å². The molecule has 1 N–H and O–H groups in total. The number of rotatable bonds is 10. The third-order valence-corrected chi connectivity index (χ3v) is 5.75. The van der Waals surface area contributed by atoms with E-state index >= 15 is 0 Å². The predicted molar refractivity (Wildman–Crippen MR) is 107 cm³/mol. The fourth-order valence-corrected chi connectivity index (χ4v) is 3.91. The van der Waals surface area contributed by atoms with Crippen molar-refractivity contribution in [3.8, 4) is 22.1 Å². The van der Waals surface area contributed by atoms with Crippen molar-refractivity contribution in [1.82, 2.24) is 15.2 Å². The molecule has 0 amide bonds. The Bertz CT molecular complexity index is 700. The highest BCUT2D eigenvalue weighted by molar-refractivity contribution is 7.13. The minimum Gasteiger partial charge on any atom is -0.454 e. The number of benzene rings is 1. The average molecular weight is 376 g/mol. The van der Waals surface area contributed by atoms with Crippen LogP contribution in [0.25, 0.3) is 10.6 Å². The second-order valence-electron chi connectivity index (χ2n) is 6.66. The van der Waals surface area contributed by atoms with Crippen LogP contribution in [-0.2, 0) is 6.54 Å². The Kier molecular flexibility index (Phi) is 6.88. The molecule has 0 radical (unpaired) electrons. The molecular formula is C20H29N3O2S. The number of fused-ring (bicyclic) bond motifs is 1. The van der Waals surface area contributed by atoms with E-state index in [0.717, 1.165) is 47.4 Å². The average Bonchev–Trinajstić information content (AvgIpc) is 3.32. The van der Waals surface area contributed by atoms with Gasteiger partial charge >= 0.3 is 0 Å². The smallest absolute Gasteiger partial charge is 0.231 e. The van der Waals surface area contributed by atoms with E-state index in [1.165, 1.54) is 19.4 Å². The Morgan fingerprint density at radius 3 is 2.85 bits per heavy atom. The van der Waals surface area contributed by atoms with Gasteiger partial charge in [0.1, 0.15) is 5.01 Å². The van der Waals surface area contributed by atoms with Gasteiger partial charge in [0.05, 0.1) is 5.69 Å². The first-order valence-corrected chi connectivity index (χ1v) is 10.4. The van der Waals surface area contributed by atoms with Gasteiger partial charge < -0.3 is 19.7 Å². The molecule has 1 unspecified atom stereocenters. The zero-order valence-electron chi connectivity index (χ0n) is 16.0. The van der Waals surface area contributed by atoms with Crippen molar-refractivity contribution >= 4 is 11.3 Å². The third kappa shape index (κ3) is 4.96. The van der Waals surface area contributed by atoms with Crippen LogP contribution in [0.15, 0.2) is 23.6 Å². The molecule has 6 heteroatoms. The van der Waals surface area contributed by atoms with Crippen LogP contribution in [0, 0.1) is 0 Å². The van der Waals surface area contributed by atoms with Gasteiger partial charge in [-0.15, -0.1) is 11.3 Å². The molecule has 0 fully saturated rings. The molecule has 2 heterocycles. The molecule has 3 rings (SSSR count). The lowest BCUT2D eigenvalue weighted by Gasteiger charge is -2.19. The van der Waals surface area contributed by atoms with E-state index in [1.807, 2.05) is 18.2 Å². The van der Waals surface area contributed by atoms with Crippen LogP contribution < -0.4 is 14.8 Å². The Hall–Kier alpha value is -1.63. The number of nitrogens with one attached hydrogen (secondary N) is 1. The first-order chi connectivity index (χ1) is 12.7. The predicted octanol–water partition coefficient (Wildman–Crippen LogP) is 4.14. The second kappa shape index (κ2) is 9.35. The van der Waals surface area contributed by atoms with E-state index in [-0.39, 0.29) is 0 Å². The van der Waals surface area contributed by atoms with Crippen LogP contribution in [0.5, 0.6) is 11.5 Å². The molecule has 0 spiro atoms. The maximum atomic E-state index is 5.46. The highest BCUT2D eigenvalue weighted by Gasteiger charge is 2.15. The first-order valence-electron chi connectivity index (χ1n) is 9.49. The summed E-state index contributed by atoms with van der Waals surface area (Å²) < 4.78 is 10.8. The lowest BCUT2D eigenvalue weighted by atomic mass is 10.1. The Balaban J connectivity index is 1.46. The zero-order chi connectivity index (χ0) is 18.4. The number of aromatic nitrogens is 1. The summed E-state index contributed by atoms with van der Waals surface area (Å²) >= 11 is 1.67. The lowest BCUT2D eigenvalue weighted by molar-refractivity contribution is 0.174. The van der Waals surface area contributed by atoms with Crippen molar-refractivity contribution in [1.29, 1.82) is 0 Å². The van der Waals surface area contributed by atoms with Gasteiger partial charge in [0, 0.05) is 23.5 Å². The van der Waals surface area contributed by atoms with Gasteiger partial charge in [-0.2, -0.15) is 0 Å². The van der Waals surface area contributed by atoms with E-state index in [0.29, 0.717) is 12.8 Å². The Labute approximate surface area is 160 Å². The lowest BCUT2D eigenvalue weighted by Crippen LogP contribution is -2.28. The third-order valence-electron chi connectivity index (χ3n) is 4.81. The van der Waals surface area contributed by atoms with Crippen LogP contribution in [0.1, 0.15) is 39.3 Å². The molecule has 0 saturated carbocycles. The van der Waals surface area contributed by atoms with Crippen LogP contribution >= 0.6 is 11.3 Å². The fourth-order valence-electron chi connectivity index (χ4n) is 3.09. The van der Waals surface area contributed by atoms with Gasteiger partial charge in [0.15, 0.2) is 11.5 Å². The fraction of sp³-hybridized carbons (Fsp3) is 0.550. The van der Waals surface area contributed by atoms with E-state index in [4.69, 9.17) is 14.5 Å². The van der Waals surface area contributed by atoms with Gasteiger partial charge in [-0.25, -0.2) is 4.98 Å². The SMILES string of the molecule is CCN(CC)CCCC(C)NCc1csc(-c2ccc3c(c2)OCO3)n1. The zero-order valence-corrected chi connectivity index (χ0v) is 16.8. The van der Waals surface area contributed by atoms with Crippen LogP contribution in [-0.4, -0.2) is 42.4 Å². The van der Waals surface area contributed by atoms with Crippen molar-refractivity contribution in [2.75, 3.05) is 26.4 Å². The second-order valence-corrected chi connectivity index (χ2v) is 7.52. The molecule has 1 aromatic heterocycles. The summed E-state index contributed by atoms with van der Waals surface area (Å²) in [5.74, 6) is 1.62. The van der Waals surface area contributed by atoms with Crippen LogP contribution in [0.2, 0.25) is 0 Å². The maximum Gasteiger partial charge on any atom is 0.231 e. The monoisotopic (exact) mass is 375 g/mol. The minimum absolute atomic E-state index is 0.304. The van der Waals surface area contributed by atoms with Crippen molar-refractivity contribution < 1.29 is 9.47 Å². The van der Waals surface area contributed by atoms with Crippen LogP contribution in [0.3, 0.4) is 0 Å². The molecule has 142 valence electrons. The molecule has 0 saturated heterocycles. The van der Waals surface area contributed by atoms with E-state index in [2.05, 4.69) is 36.4 Å². The summed E-state index contributed by atoms with van der Waals surface area (Å²) in [6.45, 7) is 11.3. The molecule has 26 heavy (non-hydrogen) atoms. The molecule has 1 atom stereocenters. The maximum absolute atomic E-state index is 5.46. The molecule has 2 aromatic rings. The largest absolute Gasteiger partial charge is 0.454 e. The van der Waals surface area contributed by atoms with Crippen molar-refractivity contribution in [3.63, 3.8) is 0 Å². The number of thiazole rings is 1. The molecule has 1 aliphatic rings. The minimum atomic E-state index is 0.304. The molecule has 1 aliphatic heterocycles. The number of nitrogens with zero attached hydrogens (tertiary/aromatic N) is 2. The van der Waals surface area contributed by atoms with Crippen molar-refractivity contribution in [3.05, 3.63) is 29.3 Å². The first kappa shape index (κ1) is 19.1. The summed E-state index contributed by atoms with van der Waals surface area (Å²) in [7, 11) is 0. The normalized spacial score (nSPS) is 14.2. The van der Waals surface area contributed by atoms with Crippen molar-refractivity contribution in [2.45, 2.75) is 46.2 Å². The summed E-state index contributed by atoms with van der Waals surface area (Å²) in [4.78, 5) is 7.24.